The van der Waals surface area contributed by atoms with E-state index in [0.29, 0.717) is 29.7 Å². The van der Waals surface area contributed by atoms with Crippen molar-refractivity contribution in [3.8, 4) is 0 Å². The highest BCUT2D eigenvalue weighted by Crippen LogP contribution is 2.25. The molecule has 1 aliphatic heterocycles. The Morgan fingerprint density at radius 1 is 1.55 bits per heavy atom. The summed E-state index contributed by atoms with van der Waals surface area (Å²) < 4.78 is 20.2. The van der Waals surface area contributed by atoms with Crippen LogP contribution in [0.3, 0.4) is 0 Å². The predicted molar refractivity (Wildman–Crippen MR) is 79.5 cm³/mol. The Labute approximate surface area is 126 Å². The first-order valence-electron chi connectivity index (χ1n) is 6.61. The van der Waals surface area contributed by atoms with Gasteiger partial charge in [-0.3, -0.25) is 0 Å². The van der Waals surface area contributed by atoms with Gasteiger partial charge in [0, 0.05) is 29.7 Å². The van der Waals surface area contributed by atoms with Crippen molar-refractivity contribution < 1.29 is 13.9 Å². The second kappa shape index (κ2) is 6.54. The van der Waals surface area contributed by atoms with Gasteiger partial charge in [0.05, 0.1) is 11.8 Å². The lowest BCUT2D eigenvalue weighted by atomic mass is 10.2. The van der Waals surface area contributed by atoms with Gasteiger partial charge in [0.25, 0.3) is 0 Å². The Bertz CT molecular complexity index is 510. The summed E-state index contributed by atoms with van der Waals surface area (Å²) in [5.74, 6) is -0.410. The third-order valence-electron chi connectivity index (χ3n) is 3.30. The number of ether oxygens (including phenoxy) is 1. The van der Waals surface area contributed by atoms with Crippen LogP contribution >= 0.6 is 15.9 Å². The smallest absolute Gasteiger partial charge is 0.322 e. The quantitative estimate of drug-likeness (QED) is 0.846. The van der Waals surface area contributed by atoms with E-state index in [1.165, 1.54) is 0 Å². The van der Waals surface area contributed by atoms with E-state index in [4.69, 9.17) is 4.74 Å². The molecule has 110 valence electrons. The molecule has 1 heterocycles. The van der Waals surface area contributed by atoms with Gasteiger partial charge in [-0.1, -0.05) is 15.9 Å². The first kappa shape index (κ1) is 15.3. The number of hydrogen-bond donors (Lipinski definition) is 1. The largest absolute Gasteiger partial charge is 0.377 e. The molecule has 4 nitrogen and oxygen atoms in total. The van der Waals surface area contributed by atoms with Gasteiger partial charge in [0.15, 0.2) is 5.82 Å². The van der Waals surface area contributed by atoms with E-state index in [0.717, 1.165) is 6.42 Å². The monoisotopic (exact) mass is 344 g/mol. The SMILES string of the molecule is Cc1c(Br)ccc(NC(=O)N2CCCO[C@@H](C)C2)c1F. The van der Waals surface area contributed by atoms with Crippen molar-refractivity contribution in [1.82, 2.24) is 4.90 Å². The van der Waals surface area contributed by atoms with Crippen molar-refractivity contribution in [3.05, 3.63) is 28.0 Å². The minimum atomic E-state index is -0.410. The van der Waals surface area contributed by atoms with Crippen LogP contribution in [0.25, 0.3) is 0 Å². The summed E-state index contributed by atoms with van der Waals surface area (Å²) in [4.78, 5) is 13.9. The normalized spacial score (nSPS) is 19.6. The molecule has 0 aromatic heterocycles. The number of benzene rings is 1. The molecule has 0 saturated carbocycles. The lowest BCUT2D eigenvalue weighted by molar-refractivity contribution is 0.0718. The topological polar surface area (TPSA) is 41.6 Å². The standard InChI is InChI=1S/C14H18BrFN2O2/c1-9-8-18(6-3-7-20-9)14(19)17-12-5-4-11(15)10(2)13(12)16/h4-5,9H,3,6-8H2,1-2H3,(H,17,19)/t9-/m0/s1. The van der Waals surface area contributed by atoms with Gasteiger partial charge in [-0.15, -0.1) is 0 Å². The lowest BCUT2D eigenvalue weighted by Crippen LogP contribution is -2.39. The van der Waals surface area contributed by atoms with E-state index in [1.807, 2.05) is 6.92 Å². The molecular formula is C14H18BrFN2O2. The van der Waals surface area contributed by atoms with Crippen LogP contribution in [0, 0.1) is 12.7 Å². The summed E-state index contributed by atoms with van der Waals surface area (Å²) in [5, 5.41) is 2.63. The zero-order chi connectivity index (χ0) is 14.7. The molecule has 1 aliphatic rings. The van der Waals surface area contributed by atoms with Gasteiger partial charge in [0.1, 0.15) is 0 Å². The van der Waals surface area contributed by atoms with Crippen LogP contribution in [0.2, 0.25) is 0 Å². The highest BCUT2D eigenvalue weighted by molar-refractivity contribution is 9.10. The highest BCUT2D eigenvalue weighted by Gasteiger charge is 2.21. The van der Waals surface area contributed by atoms with Crippen LogP contribution in [0.15, 0.2) is 16.6 Å². The third kappa shape index (κ3) is 3.49. The Kier molecular flexibility index (Phi) is 4.99. The predicted octanol–water partition coefficient (Wildman–Crippen LogP) is 3.54. The highest BCUT2D eigenvalue weighted by atomic mass is 79.9. The molecule has 20 heavy (non-hydrogen) atoms. The Morgan fingerprint density at radius 2 is 2.30 bits per heavy atom. The number of amides is 2. The van der Waals surface area contributed by atoms with Gasteiger partial charge in [-0.25, -0.2) is 9.18 Å². The van der Waals surface area contributed by atoms with E-state index in [2.05, 4.69) is 21.2 Å². The van der Waals surface area contributed by atoms with Crippen molar-refractivity contribution in [2.75, 3.05) is 25.0 Å². The maximum absolute atomic E-state index is 14.1. The summed E-state index contributed by atoms with van der Waals surface area (Å²) in [6, 6.07) is 2.99. The summed E-state index contributed by atoms with van der Waals surface area (Å²) in [6.07, 6.45) is 0.791. The number of nitrogens with one attached hydrogen (secondary N) is 1. The van der Waals surface area contributed by atoms with Crippen molar-refractivity contribution >= 4 is 27.6 Å². The van der Waals surface area contributed by atoms with Crippen molar-refractivity contribution in [1.29, 1.82) is 0 Å². The number of urea groups is 1. The average Bonchev–Trinajstić information content (AvgIpc) is 2.64. The van der Waals surface area contributed by atoms with Gasteiger partial charge in [0.2, 0.25) is 0 Å². The molecule has 1 aromatic rings. The molecule has 0 spiro atoms. The summed E-state index contributed by atoms with van der Waals surface area (Å²) in [7, 11) is 0. The fourth-order valence-electron chi connectivity index (χ4n) is 2.13. The Balaban J connectivity index is 2.09. The van der Waals surface area contributed by atoms with E-state index < -0.39 is 5.82 Å². The van der Waals surface area contributed by atoms with Crippen LogP contribution in [0.5, 0.6) is 0 Å². The van der Waals surface area contributed by atoms with Crippen LogP contribution < -0.4 is 5.32 Å². The van der Waals surface area contributed by atoms with Gasteiger partial charge < -0.3 is 15.0 Å². The number of anilines is 1. The van der Waals surface area contributed by atoms with Crippen molar-refractivity contribution in [3.63, 3.8) is 0 Å². The molecule has 2 amide bonds. The van der Waals surface area contributed by atoms with Crippen LogP contribution in [0.4, 0.5) is 14.9 Å². The molecule has 0 unspecified atom stereocenters. The first-order valence-corrected chi connectivity index (χ1v) is 7.40. The average molecular weight is 345 g/mol. The van der Waals surface area contributed by atoms with Crippen LogP contribution in [-0.2, 0) is 4.74 Å². The van der Waals surface area contributed by atoms with Crippen molar-refractivity contribution in [2.45, 2.75) is 26.4 Å². The van der Waals surface area contributed by atoms with Gasteiger partial charge >= 0.3 is 6.03 Å². The van der Waals surface area contributed by atoms with Crippen LogP contribution in [0.1, 0.15) is 18.9 Å². The first-order chi connectivity index (χ1) is 9.49. The third-order valence-corrected chi connectivity index (χ3v) is 4.16. The molecule has 1 saturated heterocycles. The summed E-state index contributed by atoms with van der Waals surface area (Å²) >= 11 is 3.26. The molecular weight excluding hydrogens is 327 g/mol. The molecule has 0 bridgehead atoms. The number of rotatable bonds is 1. The lowest BCUT2D eigenvalue weighted by Gasteiger charge is -2.22. The number of halogens is 2. The van der Waals surface area contributed by atoms with E-state index >= 15 is 0 Å². The Hall–Kier alpha value is -1.14. The molecule has 0 radical (unpaired) electrons. The molecule has 6 heteroatoms. The second-order valence-electron chi connectivity index (χ2n) is 4.95. The maximum Gasteiger partial charge on any atom is 0.322 e. The molecule has 1 aromatic carbocycles. The zero-order valence-corrected chi connectivity index (χ0v) is 13.2. The minimum absolute atomic E-state index is 0.000231. The van der Waals surface area contributed by atoms with Gasteiger partial charge in [-0.2, -0.15) is 0 Å². The number of nitrogens with zero attached hydrogens (tertiary/aromatic N) is 1. The summed E-state index contributed by atoms with van der Waals surface area (Å²) in [6.45, 7) is 5.37. The molecule has 1 fully saturated rings. The molecule has 0 aliphatic carbocycles. The number of carbonyl (C=O) groups is 1. The molecule has 1 N–H and O–H groups in total. The summed E-state index contributed by atoms with van der Waals surface area (Å²) in [5.41, 5.74) is 0.684. The van der Waals surface area contributed by atoms with Crippen molar-refractivity contribution in [2.24, 2.45) is 0 Å². The Morgan fingerprint density at radius 3 is 3.05 bits per heavy atom. The fraction of sp³-hybridized carbons (Fsp3) is 0.500. The number of hydrogen-bond acceptors (Lipinski definition) is 2. The van der Waals surface area contributed by atoms with E-state index in [9.17, 15) is 9.18 Å². The fourth-order valence-corrected chi connectivity index (χ4v) is 2.44. The molecule has 2 rings (SSSR count). The second-order valence-corrected chi connectivity index (χ2v) is 5.80. The van der Waals surface area contributed by atoms with E-state index in [-0.39, 0.29) is 17.8 Å². The van der Waals surface area contributed by atoms with Crippen LogP contribution in [-0.4, -0.2) is 36.7 Å². The minimum Gasteiger partial charge on any atom is -0.377 e. The maximum atomic E-state index is 14.1. The zero-order valence-electron chi connectivity index (χ0n) is 11.6. The number of carbonyl (C=O) groups excluding carboxylic acids is 1. The van der Waals surface area contributed by atoms with Gasteiger partial charge in [-0.05, 0) is 32.4 Å². The van der Waals surface area contributed by atoms with E-state index in [1.54, 1.807) is 24.0 Å². The molecule has 1 atom stereocenters.